The summed E-state index contributed by atoms with van der Waals surface area (Å²) in [6.07, 6.45) is 1.25. The van der Waals surface area contributed by atoms with Crippen molar-refractivity contribution in [2.24, 2.45) is 4.99 Å². The highest BCUT2D eigenvalue weighted by Crippen LogP contribution is 2.09. The second kappa shape index (κ2) is 11.3. The van der Waals surface area contributed by atoms with Crippen LogP contribution in [0.15, 0.2) is 11.3 Å². The lowest BCUT2D eigenvalue weighted by molar-refractivity contribution is 0.0474. The number of amides is 1. The van der Waals surface area contributed by atoms with Gasteiger partial charge in [-0.2, -0.15) is 0 Å². The number of hydrogen-bond donors (Lipinski definition) is 3. The number of nitrogens with zero attached hydrogens (tertiary/aromatic N) is 4. The van der Waals surface area contributed by atoms with Crippen LogP contribution in [-0.2, 0) is 17.8 Å². The zero-order chi connectivity index (χ0) is 19.8. The van der Waals surface area contributed by atoms with E-state index in [1.807, 2.05) is 53.0 Å². The van der Waals surface area contributed by atoms with Crippen molar-refractivity contribution in [2.45, 2.75) is 72.7 Å². The van der Waals surface area contributed by atoms with Gasteiger partial charge in [-0.25, -0.2) is 9.79 Å². The fourth-order valence-corrected chi connectivity index (χ4v) is 2.09. The standard InChI is InChI=1S/C17H33N7O2.HI/c1-8-18-14(19-10-13-23-21-12-24(13)9-2)20-11-17(6,7)22-15(25)26-16(3,4)5;/h12H,8-11H2,1-7H3,(H,22,25)(H2,18,19,20);1H. The Morgan fingerprint density at radius 1 is 1.22 bits per heavy atom. The van der Waals surface area contributed by atoms with Crippen molar-refractivity contribution in [3.8, 4) is 0 Å². The molecule has 0 saturated carbocycles. The minimum absolute atomic E-state index is 0. The lowest BCUT2D eigenvalue weighted by atomic mass is 10.1. The number of hydrogen-bond acceptors (Lipinski definition) is 5. The minimum atomic E-state index is -0.529. The molecule has 27 heavy (non-hydrogen) atoms. The number of rotatable bonds is 7. The van der Waals surface area contributed by atoms with E-state index in [1.54, 1.807) is 6.33 Å². The lowest BCUT2D eigenvalue weighted by Crippen LogP contribution is -2.54. The number of halogens is 1. The topological polar surface area (TPSA) is 105 Å². The molecule has 0 atom stereocenters. The molecular weight excluding hydrogens is 461 g/mol. The van der Waals surface area contributed by atoms with Crippen LogP contribution in [0, 0.1) is 0 Å². The number of alkyl carbamates (subject to hydrolysis) is 1. The Morgan fingerprint density at radius 3 is 2.44 bits per heavy atom. The molecule has 1 heterocycles. The van der Waals surface area contributed by atoms with E-state index < -0.39 is 17.2 Å². The van der Waals surface area contributed by atoms with Crippen LogP contribution in [0.4, 0.5) is 4.79 Å². The minimum Gasteiger partial charge on any atom is -0.444 e. The number of aliphatic imine (C=N–C) groups is 1. The molecule has 0 bridgehead atoms. The summed E-state index contributed by atoms with van der Waals surface area (Å²) in [5.41, 5.74) is -1.04. The smallest absolute Gasteiger partial charge is 0.408 e. The van der Waals surface area contributed by atoms with Crippen molar-refractivity contribution in [1.29, 1.82) is 0 Å². The van der Waals surface area contributed by atoms with Crippen LogP contribution < -0.4 is 16.0 Å². The first-order valence-corrected chi connectivity index (χ1v) is 8.96. The van der Waals surface area contributed by atoms with Crippen LogP contribution >= 0.6 is 24.0 Å². The highest BCUT2D eigenvalue weighted by atomic mass is 127. The number of aryl methyl sites for hydroxylation is 1. The summed E-state index contributed by atoms with van der Waals surface area (Å²) < 4.78 is 7.25. The average molecular weight is 495 g/mol. The summed E-state index contributed by atoms with van der Waals surface area (Å²) in [4.78, 5) is 16.5. The third kappa shape index (κ3) is 10.4. The van der Waals surface area contributed by atoms with E-state index in [-0.39, 0.29) is 24.0 Å². The highest BCUT2D eigenvalue weighted by Gasteiger charge is 2.24. The highest BCUT2D eigenvalue weighted by molar-refractivity contribution is 14.0. The van der Waals surface area contributed by atoms with Crippen molar-refractivity contribution in [2.75, 3.05) is 13.1 Å². The third-order valence-corrected chi connectivity index (χ3v) is 3.30. The Hall–Kier alpha value is -1.59. The fourth-order valence-electron chi connectivity index (χ4n) is 2.09. The number of carbonyl (C=O) groups is 1. The number of guanidine groups is 1. The van der Waals surface area contributed by atoms with Crippen LogP contribution in [0.2, 0.25) is 0 Å². The van der Waals surface area contributed by atoms with E-state index in [1.165, 1.54) is 0 Å². The largest absolute Gasteiger partial charge is 0.444 e. The van der Waals surface area contributed by atoms with Crippen LogP contribution in [0.5, 0.6) is 0 Å². The van der Waals surface area contributed by atoms with Gasteiger partial charge in [0.15, 0.2) is 11.8 Å². The summed E-state index contributed by atoms with van der Waals surface area (Å²) >= 11 is 0. The normalized spacial score (nSPS) is 12.2. The van der Waals surface area contributed by atoms with Gasteiger partial charge in [-0.05, 0) is 48.5 Å². The van der Waals surface area contributed by atoms with Gasteiger partial charge in [0.25, 0.3) is 0 Å². The molecule has 0 spiro atoms. The Balaban J connectivity index is 0.00000676. The van der Waals surface area contributed by atoms with E-state index in [9.17, 15) is 4.79 Å². The second-order valence-corrected chi connectivity index (χ2v) is 7.59. The lowest BCUT2D eigenvalue weighted by Gasteiger charge is -2.29. The number of ether oxygens (including phenoxy) is 1. The van der Waals surface area contributed by atoms with Gasteiger partial charge in [0, 0.05) is 19.6 Å². The maximum atomic E-state index is 12.0. The maximum absolute atomic E-state index is 12.0. The van der Waals surface area contributed by atoms with Gasteiger partial charge in [-0.15, -0.1) is 34.2 Å². The number of nitrogens with one attached hydrogen (secondary N) is 3. The van der Waals surface area contributed by atoms with Gasteiger partial charge in [0.05, 0.1) is 5.54 Å². The van der Waals surface area contributed by atoms with Gasteiger partial charge in [-0.3, -0.25) is 0 Å². The van der Waals surface area contributed by atoms with Gasteiger partial charge < -0.3 is 25.3 Å². The second-order valence-electron chi connectivity index (χ2n) is 7.59. The van der Waals surface area contributed by atoms with Gasteiger partial charge in [-0.1, -0.05) is 0 Å². The van der Waals surface area contributed by atoms with Crippen molar-refractivity contribution in [3.63, 3.8) is 0 Å². The third-order valence-electron chi connectivity index (χ3n) is 3.30. The number of carbonyl (C=O) groups excluding carboxylic acids is 1. The van der Waals surface area contributed by atoms with E-state index in [2.05, 4.69) is 31.1 Å². The molecule has 0 aliphatic carbocycles. The summed E-state index contributed by atoms with van der Waals surface area (Å²) in [5, 5.41) is 17.3. The van der Waals surface area contributed by atoms with E-state index in [0.717, 1.165) is 18.9 Å². The summed E-state index contributed by atoms with van der Waals surface area (Å²) in [6, 6.07) is 0. The molecule has 10 heteroatoms. The molecule has 9 nitrogen and oxygen atoms in total. The average Bonchev–Trinajstić information content (AvgIpc) is 2.95. The predicted octanol–water partition coefficient (Wildman–Crippen LogP) is 2.27. The van der Waals surface area contributed by atoms with Gasteiger partial charge in [0.1, 0.15) is 18.5 Å². The van der Waals surface area contributed by atoms with Crippen molar-refractivity contribution >= 4 is 36.0 Å². The molecule has 156 valence electrons. The van der Waals surface area contributed by atoms with Crippen LogP contribution in [0.1, 0.15) is 54.3 Å². The molecule has 0 aromatic carbocycles. The Kier molecular flexibility index (Phi) is 10.6. The molecule has 3 N–H and O–H groups in total. The zero-order valence-corrected chi connectivity index (χ0v) is 19.7. The van der Waals surface area contributed by atoms with Crippen LogP contribution in [0.25, 0.3) is 0 Å². The molecule has 1 aromatic rings. The molecule has 0 saturated heterocycles. The summed E-state index contributed by atoms with van der Waals surface area (Å²) in [5.74, 6) is 1.45. The van der Waals surface area contributed by atoms with Crippen molar-refractivity contribution < 1.29 is 9.53 Å². The van der Waals surface area contributed by atoms with Gasteiger partial charge in [0.2, 0.25) is 0 Å². The van der Waals surface area contributed by atoms with Crippen LogP contribution in [0.3, 0.4) is 0 Å². The van der Waals surface area contributed by atoms with Crippen molar-refractivity contribution in [3.05, 3.63) is 12.2 Å². The quantitative estimate of drug-likeness (QED) is 0.305. The molecule has 1 aromatic heterocycles. The number of aromatic nitrogens is 3. The van der Waals surface area contributed by atoms with Crippen LogP contribution in [-0.4, -0.2) is 51.0 Å². The molecule has 0 unspecified atom stereocenters. The molecule has 1 rings (SSSR count). The molecular formula is C17H34IN7O2. The summed E-state index contributed by atoms with van der Waals surface area (Å²) in [7, 11) is 0. The SMILES string of the molecule is CCNC(=NCc1nncn1CC)NCC(C)(C)NC(=O)OC(C)(C)C.I. The van der Waals surface area contributed by atoms with Gasteiger partial charge >= 0.3 is 6.09 Å². The monoisotopic (exact) mass is 495 g/mol. The molecule has 0 fully saturated rings. The first-order valence-electron chi connectivity index (χ1n) is 8.96. The Bertz CT molecular complexity index is 609. The molecule has 0 aliphatic rings. The van der Waals surface area contributed by atoms with E-state index >= 15 is 0 Å². The summed E-state index contributed by atoms with van der Waals surface area (Å²) in [6.45, 7) is 15.8. The zero-order valence-electron chi connectivity index (χ0n) is 17.4. The maximum Gasteiger partial charge on any atom is 0.408 e. The first kappa shape index (κ1) is 25.4. The molecule has 0 aliphatic heterocycles. The molecule has 1 amide bonds. The fraction of sp³-hybridized carbons (Fsp3) is 0.765. The Labute approximate surface area is 179 Å². The van der Waals surface area contributed by atoms with E-state index in [0.29, 0.717) is 19.0 Å². The first-order chi connectivity index (χ1) is 12.1. The van der Waals surface area contributed by atoms with E-state index in [4.69, 9.17) is 4.74 Å². The predicted molar refractivity (Wildman–Crippen MR) is 117 cm³/mol. The Morgan fingerprint density at radius 2 is 1.89 bits per heavy atom. The van der Waals surface area contributed by atoms with Crippen molar-refractivity contribution in [1.82, 2.24) is 30.7 Å². The molecule has 0 radical (unpaired) electrons.